The second-order valence-corrected chi connectivity index (χ2v) is 6.68. The van der Waals surface area contributed by atoms with E-state index >= 15 is 0 Å². The molecule has 0 radical (unpaired) electrons. The molecular weight excluding hydrogens is 306 g/mol. The highest BCUT2D eigenvalue weighted by atomic mass is 79.9. The van der Waals surface area contributed by atoms with Gasteiger partial charge in [0.2, 0.25) is 0 Å². The van der Waals surface area contributed by atoms with E-state index in [1.54, 1.807) is 0 Å². The maximum atomic E-state index is 9.87. The number of nitrogens with one attached hydrogen (secondary N) is 1. The van der Waals surface area contributed by atoms with Crippen LogP contribution >= 0.6 is 15.9 Å². The van der Waals surface area contributed by atoms with Gasteiger partial charge in [0.05, 0.1) is 18.3 Å². The molecule has 0 saturated heterocycles. The standard InChI is InChI=1S/C15H24BrNO2/c1-11(12-6-5-7-13(16)8-12)17-9-14(18)10-19-15(2,3)4/h5-8,11,14,17-18H,9-10H2,1-4H3. The molecule has 2 N–H and O–H groups in total. The van der Waals surface area contributed by atoms with Crippen LogP contribution in [0.15, 0.2) is 28.7 Å². The third-order valence-corrected chi connectivity index (χ3v) is 3.21. The van der Waals surface area contributed by atoms with Crippen molar-refractivity contribution in [3.63, 3.8) is 0 Å². The topological polar surface area (TPSA) is 41.5 Å². The second-order valence-electron chi connectivity index (χ2n) is 5.76. The Labute approximate surface area is 124 Å². The fourth-order valence-electron chi connectivity index (χ4n) is 1.61. The lowest BCUT2D eigenvalue weighted by Gasteiger charge is -2.23. The van der Waals surface area contributed by atoms with E-state index in [-0.39, 0.29) is 11.6 Å². The van der Waals surface area contributed by atoms with Crippen molar-refractivity contribution in [3.05, 3.63) is 34.3 Å². The summed E-state index contributed by atoms with van der Waals surface area (Å²) in [6, 6.07) is 8.36. The van der Waals surface area contributed by atoms with Gasteiger partial charge >= 0.3 is 0 Å². The number of ether oxygens (including phenoxy) is 1. The molecule has 0 spiro atoms. The van der Waals surface area contributed by atoms with Gasteiger partial charge in [-0.05, 0) is 45.4 Å². The van der Waals surface area contributed by atoms with Crippen LogP contribution in [0.1, 0.15) is 39.3 Å². The molecule has 2 unspecified atom stereocenters. The quantitative estimate of drug-likeness (QED) is 0.841. The van der Waals surface area contributed by atoms with Gasteiger partial charge in [0.15, 0.2) is 0 Å². The molecule has 1 aromatic rings. The molecule has 1 aromatic carbocycles. The van der Waals surface area contributed by atoms with E-state index in [4.69, 9.17) is 4.74 Å². The molecule has 0 aromatic heterocycles. The van der Waals surface area contributed by atoms with Gasteiger partial charge in [0, 0.05) is 17.1 Å². The minimum absolute atomic E-state index is 0.196. The summed E-state index contributed by atoms with van der Waals surface area (Å²) in [4.78, 5) is 0. The Hall–Kier alpha value is -0.420. The zero-order valence-corrected chi connectivity index (χ0v) is 13.7. The summed E-state index contributed by atoms with van der Waals surface area (Å²) in [5, 5.41) is 13.2. The summed E-state index contributed by atoms with van der Waals surface area (Å²) in [5.74, 6) is 0. The molecule has 0 heterocycles. The largest absolute Gasteiger partial charge is 0.389 e. The molecule has 0 saturated carbocycles. The summed E-state index contributed by atoms with van der Waals surface area (Å²) in [5.41, 5.74) is 0.981. The molecule has 0 bridgehead atoms. The van der Waals surface area contributed by atoms with Crippen molar-refractivity contribution in [1.82, 2.24) is 5.32 Å². The molecule has 2 atom stereocenters. The van der Waals surface area contributed by atoms with Crippen LogP contribution in [0.25, 0.3) is 0 Å². The number of rotatable bonds is 6. The Morgan fingerprint density at radius 1 is 1.37 bits per heavy atom. The van der Waals surface area contributed by atoms with E-state index < -0.39 is 6.10 Å². The normalized spacial score (nSPS) is 15.3. The highest BCUT2D eigenvalue weighted by Gasteiger charge is 2.14. The molecule has 0 fully saturated rings. The van der Waals surface area contributed by atoms with Crippen molar-refractivity contribution < 1.29 is 9.84 Å². The molecule has 108 valence electrons. The zero-order chi connectivity index (χ0) is 14.5. The Balaban J connectivity index is 2.36. The van der Waals surface area contributed by atoms with Crippen molar-refractivity contribution in [2.75, 3.05) is 13.2 Å². The first kappa shape index (κ1) is 16.6. The molecular formula is C15H24BrNO2. The van der Waals surface area contributed by atoms with Crippen molar-refractivity contribution in [2.45, 2.75) is 45.4 Å². The van der Waals surface area contributed by atoms with Crippen LogP contribution in [0.2, 0.25) is 0 Å². The minimum Gasteiger partial charge on any atom is -0.389 e. The smallest absolute Gasteiger partial charge is 0.0898 e. The molecule has 1 rings (SSSR count). The summed E-state index contributed by atoms with van der Waals surface area (Å²) < 4.78 is 6.62. The van der Waals surface area contributed by atoms with Gasteiger partial charge in [-0.15, -0.1) is 0 Å². The number of aliphatic hydroxyl groups is 1. The van der Waals surface area contributed by atoms with Crippen LogP contribution in [0, 0.1) is 0 Å². The van der Waals surface area contributed by atoms with Gasteiger partial charge in [-0.1, -0.05) is 28.1 Å². The van der Waals surface area contributed by atoms with Gasteiger partial charge in [0.25, 0.3) is 0 Å². The van der Waals surface area contributed by atoms with E-state index in [9.17, 15) is 5.11 Å². The van der Waals surface area contributed by atoms with E-state index in [0.29, 0.717) is 13.2 Å². The van der Waals surface area contributed by atoms with Crippen LogP contribution < -0.4 is 5.32 Å². The Kier molecular flexibility index (Phi) is 6.47. The fraction of sp³-hybridized carbons (Fsp3) is 0.600. The predicted molar refractivity (Wildman–Crippen MR) is 82.3 cm³/mol. The molecule has 19 heavy (non-hydrogen) atoms. The molecule has 0 amide bonds. The van der Waals surface area contributed by atoms with Gasteiger partial charge in [-0.3, -0.25) is 0 Å². The van der Waals surface area contributed by atoms with E-state index in [2.05, 4.69) is 40.3 Å². The first-order chi connectivity index (χ1) is 8.78. The third kappa shape index (κ3) is 7.06. The Morgan fingerprint density at radius 3 is 2.63 bits per heavy atom. The first-order valence-corrected chi connectivity index (χ1v) is 7.38. The molecule has 0 aliphatic heterocycles. The number of hydrogen-bond donors (Lipinski definition) is 2. The maximum absolute atomic E-state index is 9.87. The minimum atomic E-state index is -0.492. The maximum Gasteiger partial charge on any atom is 0.0898 e. The lowest BCUT2D eigenvalue weighted by Crippen LogP contribution is -2.34. The van der Waals surface area contributed by atoms with Crippen LogP contribution in [0.3, 0.4) is 0 Å². The predicted octanol–water partition coefficient (Wildman–Crippen LogP) is 3.28. The number of benzene rings is 1. The molecule has 3 nitrogen and oxygen atoms in total. The fourth-order valence-corrected chi connectivity index (χ4v) is 2.03. The van der Waals surface area contributed by atoms with Crippen LogP contribution in [0.5, 0.6) is 0 Å². The summed E-state index contributed by atoms with van der Waals surface area (Å²) in [6.07, 6.45) is -0.492. The monoisotopic (exact) mass is 329 g/mol. The number of aliphatic hydroxyl groups excluding tert-OH is 1. The van der Waals surface area contributed by atoms with Gasteiger partial charge in [0.1, 0.15) is 0 Å². The molecule has 0 aliphatic carbocycles. The van der Waals surface area contributed by atoms with E-state index in [0.717, 1.165) is 4.47 Å². The average Bonchev–Trinajstić information content (AvgIpc) is 2.32. The van der Waals surface area contributed by atoms with Crippen LogP contribution in [-0.2, 0) is 4.74 Å². The van der Waals surface area contributed by atoms with Crippen molar-refractivity contribution in [2.24, 2.45) is 0 Å². The van der Waals surface area contributed by atoms with Crippen LogP contribution in [0.4, 0.5) is 0 Å². The lowest BCUT2D eigenvalue weighted by atomic mass is 10.1. The Morgan fingerprint density at radius 2 is 2.05 bits per heavy atom. The highest BCUT2D eigenvalue weighted by molar-refractivity contribution is 9.10. The van der Waals surface area contributed by atoms with Crippen LogP contribution in [-0.4, -0.2) is 30.0 Å². The SMILES string of the molecule is CC(NCC(O)COC(C)(C)C)c1cccc(Br)c1. The number of hydrogen-bond acceptors (Lipinski definition) is 3. The second kappa shape index (κ2) is 7.39. The van der Waals surface area contributed by atoms with Gasteiger partial charge in [-0.25, -0.2) is 0 Å². The van der Waals surface area contributed by atoms with E-state index in [1.165, 1.54) is 5.56 Å². The van der Waals surface area contributed by atoms with Gasteiger partial charge in [-0.2, -0.15) is 0 Å². The van der Waals surface area contributed by atoms with E-state index in [1.807, 2.05) is 32.9 Å². The zero-order valence-electron chi connectivity index (χ0n) is 12.1. The third-order valence-electron chi connectivity index (χ3n) is 2.72. The van der Waals surface area contributed by atoms with Crippen molar-refractivity contribution in [1.29, 1.82) is 0 Å². The summed E-state index contributed by atoms with van der Waals surface area (Å²) in [6.45, 7) is 8.90. The van der Waals surface area contributed by atoms with Crippen molar-refractivity contribution in [3.8, 4) is 0 Å². The molecule has 0 aliphatic rings. The van der Waals surface area contributed by atoms with Gasteiger partial charge < -0.3 is 15.2 Å². The summed E-state index contributed by atoms with van der Waals surface area (Å²) >= 11 is 3.46. The number of halogens is 1. The summed E-state index contributed by atoms with van der Waals surface area (Å²) in [7, 11) is 0. The first-order valence-electron chi connectivity index (χ1n) is 6.59. The average molecular weight is 330 g/mol. The van der Waals surface area contributed by atoms with Crippen molar-refractivity contribution >= 4 is 15.9 Å². The lowest BCUT2D eigenvalue weighted by molar-refractivity contribution is -0.0482. The Bertz CT molecular complexity index is 390. The highest BCUT2D eigenvalue weighted by Crippen LogP contribution is 2.17. The molecule has 4 heteroatoms.